The van der Waals surface area contributed by atoms with E-state index in [1.165, 1.54) is 5.56 Å². The number of aryl methyl sites for hydroxylation is 1. The molecule has 0 heterocycles. The number of rotatable bonds is 4. The van der Waals surface area contributed by atoms with Gasteiger partial charge in [-0.1, -0.05) is 13.0 Å². The highest BCUT2D eigenvalue weighted by Crippen LogP contribution is 2.37. The fourth-order valence-corrected chi connectivity index (χ4v) is 2.56. The van der Waals surface area contributed by atoms with E-state index in [4.69, 9.17) is 4.74 Å². The largest absolute Gasteiger partial charge is 0.497 e. The number of carbonyl (C=O) groups excluding carboxylic acids is 1. The van der Waals surface area contributed by atoms with Gasteiger partial charge in [-0.3, -0.25) is 4.79 Å². The molecule has 0 unspecified atom stereocenters. The zero-order valence-electron chi connectivity index (χ0n) is 11.1. The van der Waals surface area contributed by atoms with Crippen molar-refractivity contribution in [3.63, 3.8) is 0 Å². The Hall–Kier alpha value is -1.35. The zero-order valence-corrected chi connectivity index (χ0v) is 11.1. The van der Waals surface area contributed by atoms with Gasteiger partial charge >= 0.3 is 0 Å². The first-order chi connectivity index (χ1) is 8.54. The van der Waals surface area contributed by atoms with E-state index in [1.54, 1.807) is 21.0 Å². The molecule has 98 valence electrons. The molecule has 1 aromatic rings. The quantitative estimate of drug-likeness (QED) is 0.889. The van der Waals surface area contributed by atoms with Gasteiger partial charge in [0.25, 0.3) is 0 Å². The smallest absolute Gasteiger partial charge is 0.145 e. The average Bonchev–Trinajstić information content (AvgIpc) is 2.79. The average molecular weight is 248 g/mol. The van der Waals surface area contributed by atoms with Crippen molar-refractivity contribution in [2.75, 3.05) is 7.11 Å². The van der Waals surface area contributed by atoms with Crippen molar-refractivity contribution in [3.05, 3.63) is 29.3 Å². The predicted octanol–water partition coefficient (Wildman–Crippen LogP) is 2.31. The lowest BCUT2D eigenvalue weighted by Crippen LogP contribution is -2.27. The number of fused-ring (bicyclic) bond motifs is 1. The topological polar surface area (TPSA) is 46.5 Å². The van der Waals surface area contributed by atoms with Crippen LogP contribution in [0.1, 0.15) is 37.3 Å². The van der Waals surface area contributed by atoms with Crippen molar-refractivity contribution >= 4 is 5.78 Å². The third-order valence-corrected chi connectivity index (χ3v) is 3.95. The first-order valence-corrected chi connectivity index (χ1v) is 6.43. The number of hydrogen-bond acceptors (Lipinski definition) is 3. The maximum atomic E-state index is 12.3. The molecule has 1 aliphatic rings. The molecule has 3 heteroatoms. The Bertz CT molecular complexity index is 451. The number of aliphatic hydroxyl groups excluding tert-OH is 1. The number of aliphatic hydroxyl groups is 1. The van der Waals surface area contributed by atoms with E-state index in [1.807, 2.05) is 18.2 Å². The van der Waals surface area contributed by atoms with Crippen LogP contribution in [0, 0.1) is 5.92 Å². The summed E-state index contributed by atoms with van der Waals surface area (Å²) in [7, 11) is 1.63. The summed E-state index contributed by atoms with van der Waals surface area (Å²) < 4.78 is 5.21. The first-order valence-electron chi connectivity index (χ1n) is 6.43. The molecule has 0 aromatic heterocycles. The fourth-order valence-electron chi connectivity index (χ4n) is 2.56. The van der Waals surface area contributed by atoms with Crippen LogP contribution in [0.25, 0.3) is 0 Å². The molecule has 1 aromatic carbocycles. The van der Waals surface area contributed by atoms with Crippen molar-refractivity contribution in [1.82, 2.24) is 0 Å². The fraction of sp³-hybridized carbons (Fsp3) is 0.533. The third kappa shape index (κ3) is 2.27. The molecule has 2 rings (SSSR count). The molecule has 0 radical (unpaired) electrons. The Morgan fingerprint density at radius 3 is 2.78 bits per heavy atom. The molecule has 0 fully saturated rings. The highest BCUT2D eigenvalue weighted by atomic mass is 16.5. The van der Waals surface area contributed by atoms with E-state index >= 15 is 0 Å². The lowest BCUT2D eigenvalue weighted by molar-refractivity contribution is -0.126. The van der Waals surface area contributed by atoms with Crippen LogP contribution in [0.15, 0.2) is 18.2 Å². The van der Waals surface area contributed by atoms with Gasteiger partial charge in [0.15, 0.2) is 0 Å². The van der Waals surface area contributed by atoms with Gasteiger partial charge in [0.2, 0.25) is 0 Å². The number of ether oxygens (including phenoxy) is 1. The Morgan fingerprint density at radius 2 is 2.17 bits per heavy atom. The molecular formula is C15H20O3. The Kier molecular flexibility index (Phi) is 3.71. The third-order valence-electron chi connectivity index (χ3n) is 3.95. The van der Waals surface area contributed by atoms with Gasteiger partial charge in [0.05, 0.1) is 13.2 Å². The molecular weight excluding hydrogens is 228 g/mol. The van der Waals surface area contributed by atoms with Crippen molar-refractivity contribution in [2.24, 2.45) is 5.92 Å². The van der Waals surface area contributed by atoms with E-state index in [-0.39, 0.29) is 17.6 Å². The van der Waals surface area contributed by atoms with E-state index < -0.39 is 6.10 Å². The normalized spacial score (nSPS) is 21.2. The summed E-state index contributed by atoms with van der Waals surface area (Å²) in [6.45, 7) is 3.47. The summed E-state index contributed by atoms with van der Waals surface area (Å²) in [6.07, 6.45) is 1.19. The predicted molar refractivity (Wildman–Crippen MR) is 69.9 cm³/mol. The molecule has 0 bridgehead atoms. The second kappa shape index (κ2) is 5.11. The molecule has 0 spiro atoms. The molecule has 0 amide bonds. The Balaban J connectivity index is 2.27. The molecule has 1 N–H and O–H groups in total. The highest BCUT2D eigenvalue weighted by Gasteiger charge is 2.33. The van der Waals surface area contributed by atoms with Gasteiger partial charge in [0, 0.05) is 11.8 Å². The Labute approximate surface area is 108 Å². The van der Waals surface area contributed by atoms with E-state index in [0.29, 0.717) is 0 Å². The second-order valence-electron chi connectivity index (χ2n) is 5.09. The standard InChI is InChI=1S/C15H20O3/c1-9(10(2)16)15(17)13-7-5-11-4-6-12(18-3)8-14(11)13/h4,6,8-10,13,16H,5,7H2,1-3H3/t9-,10+,13+/m1/s1. The van der Waals surface area contributed by atoms with Gasteiger partial charge in [-0.25, -0.2) is 0 Å². The van der Waals surface area contributed by atoms with Gasteiger partial charge < -0.3 is 9.84 Å². The van der Waals surface area contributed by atoms with Crippen LogP contribution in [-0.2, 0) is 11.2 Å². The van der Waals surface area contributed by atoms with Crippen LogP contribution in [-0.4, -0.2) is 24.1 Å². The van der Waals surface area contributed by atoms with Crippen molar-refractivity contribution < 1.29 is 14.6 Å². The number of carbonyl (C=O) groups is 1. The summed E-state index contributed by atoms with van der Waals surface area (Å²) in [5.41, 5.74) is 2.30. The van der Waals surface area contributed by atoms with E-state index in [0.717, 1.165) is 24.2 Å². The molecule has 3 nitrogen and oxygen atoms in total. The number of ketones is 1. The molecule has 3 atom stereocenters. The van der Waals surface area contributed by atoms with E-state index in [9.17, 15) is 9.90 Å². The minimum absolute atomic E-state index is 0.0836. The molecule has 0 saturated carbocycles. The van der Waals surface area contributed by atoms with Crippen LogP contribution in [0.4, 0.5) is 0 Å². The van der Waals surface area contributed by atoms with Crippen LogP contribution >= 0.6 is 0 Å². The van der Waals surface area contributed by atoms with Gasteiger partial charge in [-0.2, -0.15) is 0 Å². The summed E-state index contributed by atoms with van der Waals surface area (Å²) in [6, 6.07) is 5.93. The van der Waals surface area contributed by atoms with E-state index in [2.05, 4.69) is 0 Å². The Morgan fingerprint density at radius 1 is 1.44 bits per heavy atom. The molecule has 0 saturated heterocycles. The lowest BCUT2D eigenvalue weighted by Gasteiger charge is -2.19. The van der Waals surface area contributed by atoms with Crippen LogP contribution in [0.3, 0.4) is 0 Å². The summed E-state index contributed by atoms with van der Waals surface area (Å²) >= 11 is 0. The van der Waals surface area contributed by atoms with Crippen LogP contribution < -0.4 is 4.74 Å². The zero-order chi connectivity index (χ0) is 13.3. The van der Waals surface area contributed by atoms with Gasteiger partial charge in [-0.15, -0.1) is 0 Å². The maximum absolute atomic E-state index is 12.3. The summed E-state index contributed by atoms with van der Waals surface area (Å²) in [4.78, 5) is 12.3. The molecule has 0 aliphatic heterocycles. The number of Topliss-reactive ketones (excluding diaryl/α,β-unsaturated/α-hetero) is 1. The molecule has 18 heavy (non-hydrogen) atoms. The van der Waals surface area contributed by atoms with Gasteiger partial charge in [-0.05, 0) is 43.0 Å². The summed E-state index contributed by atoms with van der Waals surface area (Å²) in [5.74, 6) is 0.530. The number of methoxy groups -OCH3 is 1. The number of hydrogen-bond donors (Lipinski definition) is 1. The van der Waals surface area contributed by atoms with Crippen LogP contribution in [0.5, 0.6) is 5.75 Å². The maximum Gasteiger partial charge on any atom is 0.145 e. The van der Waals surface area contributed by atoms with Crippen molar-refractivity contribution in [3.8, 4) is 5.75 Å². The molecule has 1 aliphatic carbocycles. The van der Waals surface area contributed by atoms with Crippen molar-refractivity contribution in [2.45, 2.75) is 38.7 Å². The second-order valence-corrected chi connectivity index (χ2v) is 5.09. The lowest BCUT2D eigenvalue weighted by atomic mass is 9.87. The highest BCUT2D eigenvalue weighted by molar-refractivity contribution is 5.89. The minimum atomic E-state index is -0.591. The minimum Gasteiger partial charge on any atom is -0.497 e. The first kappa shape index (κ1) is 13.1. The van der Waals surface area contributed by atoms with Crippen LogP contribution in [0.2, 0.25) is 0 Å². The monoisotopic (exact) mass is 248 g/mol. The number of benzene rings is 1. The van der Waals surface area contributed by atoms with Gasteiger partial charge in [0.1, 0.15) is 11.5 Å². The summed E-state index contributed by atoms with van der Waals surface area (Å²) in [5, 5.41) is 9.55. The van der Waals surface area contributed by atoms with Crippen molar-refractivity contribution in [1.29, 1.82) is 0 Å². The SMILES string of the molecule is COc1ccc2c(c1)[C@@H](C(=O)[C@H](C)[C@H](C)O)CC2.